The molecule has 1 heterocycles. The van der Waals surface area contributed by atoms with E-state index in [1.54, 1.807) is 42.7 Å². The Labute approximate surface area is 162 Å². The summed E-state index contributed by atoms with van der Waals surface area (Å²) in [7, 11) is -3.74. The molecule has 0 bridgehead atoms. The number of pyridine rings is 1. The third-order valence-corrected chi connectivity index (χ3v) is 5.40. The highest BCUT2D eigenvalue weighted by Crippen LogP contribution is 2.11. The highest BCUT2D eigenvalue weighted by Gasteiger charge is 2.13. The van der Waals surface area contributed by atoms with Crippen LogP contribution in [0.5, 0.6) is 0 Å². The smallest absolute Gasteiger partial charge is 0.251 e. The molecule has 1 aromatic heterocycles. The number of sulfonamides is 1. The fraction of sp³-hybridized carbons (Fsp3) is 0.100. The van der Waals surface area contributed by atoms with E-state index in [-0.39, 0.29) is 17.3 Å². The molecule has 6 nitrogen and oxygen atoms in total. The van der Waals surface area contributed by atoms with Crippen molar-refractivity contribution in [3.63, 3.8) is 0 Å². The first-order chi connectivity index (χ1) is 13.4. The van der Waals surface area contributed by atoms with E-state index in [2.05, 4.69) is 15.0 Å². The van der Waals surface area contributed by atoms with Gasteiger partial charge in [-0.1, -0.05) is 18.2 Å². The van der Waals surface area contributed by atoms with Gasteiger partial charge in [0.1, 0.15) is 5.82 Å². The van der Waals surface area contributed by atoms with Crippen molar-refractivity contribution in [1.82, 2.24) is 15.0 Å². The van der Waals surface area contributed by atoms with Gasteiger partial charge >= 0.3 is 0 Å². The Morgan fingerprint density at radius 1 is 0.929 bits per heavy atom. The Morgan fingerprint density at radius 2 is 1.64 bits per heavy atom. The van der Waals surface area contributed by atoms with Crippen LogP contribution in [0.1, 0.15) is 21.5 Å². The van der Waals surface area contributed by atoms with Gasteiger partial charge in [-0.05, 0) is 53.6 Å². The number of halogens is 1. The van der Waals surface area contributed by atoms with Gasteiger partial charge in [-0.3, -0.25) is 9.78 Å². The molecule has 3 rings (SSSR count). The summed E-state index contributed by atoms with van der Waals surface area (Å²) in [5.74, 6) is -0.737. The third kappa shape index (κ3) is 5.21. The molecule has 0 unspecified atom stereocenters. The number of benzene rings is 2. The maximum Gasteiger partial charge on any atom is 0.251 e. The number of nitrogens with one attached hydrogen (secondary N) is 2. The Morgan fingerprint density at radius 3 is 2.29 bits per heavy atom. The first kappa shape index (κ1) is 19.7. The molecule has 1 amide bonds. The quantitative estimate of drug-likeness (QED) is 0.639. The van der Waals surface area contributed by atoms with Crippen LogP contribution in [0, 0.1) is 5.82 Å². The van der Waals surface area contributed by atoms with E-state index in [0.29, 0.717) is 17.7 Å². The molecular weight excluding hydrogens is 381 g/mol. The molecule has 0 saturated heterocycles. The van der Waals surface area contributed by atoms with Crippen LogP contribution in [-0.2, 0) is 23.1 Å². The van der Waals surface area contributed by atoms with Crippen molar-refractivity contribution in [3.05, 3.63) is 95.6 Å². The van der Waals surface area contributed by atoms with Crippen LogP contribution in [0.15, 0.2) is 78.0 Å². The second kappa shape index (κ2) is 8.73. The topological polar surface area (TPSA) is 88.2 Å². The van der Waals surface area contributed by atoms with Crippen molar-refractivity contribution in [2.45, 2.75) is 18.0 Å². The minimum atomic E-state index is -3.74. The Bertz CT molecular complexity index is 1040. The number of hydrogen-bond acceptors (Lipinski definition) is 4. The number of carbonyl (C=O) groups excluding carboxylic acids is 1. The largest absolute Gasteiger partial charge is 0.348 e. The predicted octanol–water partition coefficient (Wildman–Crippen LogP) is 2.63. The molecule has 0 aliphatic heterocycles. The van der Waals surface area contributed by atoms with Crippen LogP contribution in [0.25, 0.3) is 0 Å². The fourth-order valence-corrected chi connectivity index (χ4v) is 3.45. The van der Waals surface area contributed by atoms with Crippen molar-refractivity contribution in [1.29, 1.82) is 0 Å². The van der Waals surface area contributed by atoms with Gasteiger partial charge in [0.15, 0.2) is 0 Å². The number of rotatable bonds is 7. The van der Waals surface area contributed by atoms with E-state index >= 15 is 0 Å². The summed E-state index contributed by atoms with van der Waals surface area (Å²) in [6, 6.07) is 14.8. The first-order valence-electron chi connectivity index (χ1n) is 8.45. The van der Waals surface area contributed by atoms with Crippen LogP contribution in [-0.4, -0.2) is 19.3 Å². The summed E-state index contributed by atoms with van der Waals surface area (Å²) >= 11 is 0. The molecule has 28 heavy (non-hydrogen) atoms. The van der Waals surface area contributed by atoms with Crippen molar-refractivity contribution < 1.29 is 17.6 Å². The lowest BCUT2D eigenvalue weighted by Crippen LogP contribution is -2.24. The SMILES string of the molecule is O=C(NCc1cccnc1)c1ccc(CNS(=O)(=O)c2ccc(F)cc2)cc1. The van der Waals surface area contributed by atoms with E-state index in [0.717, 1.165) is 17.7 Å². The maximum absolute atomic E-state index is 12.9. The summed E-state index contributed by atoms with van der Waals surface area (Å²) in [6.07, 6.45) is 3.34. The fourth-order valence-electron chi connectivity index (χ4n) is 2.44. The monoisotopic (exact) mass is 399 g/mol. The number of hydrogen-bond donors (Lipinski definition) is 2. The first-order valence-corrected chi connectivity index (χ1v) is 9.94. The van der Waals surface area contributed by atoms with Gasteiger partial charge < -0.3 is 5.32 Å². The highest BCUT2D eigenvalue weighted by molar-refractivity contribution is 7.89. The second-order valence-corrected chi connectivity index (χ2v) is 7.79. The normalized spacial score (nSPS) is 11.2. The van der Waals surface area contributed by atoms with Gasteiger partial charge in [0.25, 0.3) is 5.91 Å². The molecule has 0 fully saturated rings. The zero-order chi connectivity index (χ0) is 20.0. The molecule has 2 N–H and O–H groups in total. The lowest BCUT2D eigenvalue weighted by Gasteiger charge is -2.08. The van der Waals surface area contributed by atoms with Crippen LogP contribution in [0.2, 0.25) is 0 Å². The number of amides is 1. The van der Waals surface area contributed by atoms with E-state index in [1.165, 1.54) is 12.1 Å². The lowest BCUT2D eigenvalue weighted by atomic mass is 10.1. The third-order valence-electron chi connectivity index (χ3n) is 3.98. The standard InChI is InChI=1S/C20H18FN3O3S/c21-18-7-9-19(10-8-18)28(26,27)24-14-15-3-5-17(6-4-15)20(25)23-13-16-2-1-11-22-12-16/h1-12,24H,13-14H2,(H,23,25). The molecule has 0 saturated carbocycles. The minimum Gasteiger partial charge on any atom is -0.348 e. The molecule has 0 aliphatic rings. The van der Waals surface area contributed by atoms with Gasteiger partial charge in [0, 0.05) is 31.0 Å². The van der Waals surface area contributed by atoms with Gasteiger partial charge in [0.2, 0.25) is 10.0 Å². The minimum absolute atomic E-state index is 0.0136. The molecule has 8 heteroatoms. The van der Waals surface area contributed by atoms with Crippen LogP contribution < -0.4 is 10.0 Å². The zero-order valence-electron chi connectivity index (χ0n) is 14.8. The van der Waals surface area contributed by atoms with Gasteiger partial charge in [-0.2, -0.15) is 0 Å². The second-order valence-electron chi connectivity index (χ2n) is 6.02. The van der Waals surface area contributed by atoms with Crippen LogP contribution in [0.3, 0.4) is 0 Å². The average Bonchev–Trinajstić information content (AvgIpc) is 2.72. The molecule has 0 spiro atoms. The van der Waals surface area contributed by atoms with Crippen molar-refractivity contribution in [2.75, 3.05) is 0 Å². The molecule has 3 aromatic rings. The van der Waals surface area contributed by atoms with Crippen molar-refractivity contribution in [3.8, 4) is 0 Å². The summed E-state index contributed by atoms with van der Waals surface area (Å²) in [5.41, 5.74) is 2.05. The van der Waals surface area contributed by atoms with E-state index in [4.69, 9.17) is 0 Å². The van der Waals surface area contributed by atoms with E-state index in [1.807, 2.05) is 6.07 Å². The predicted molar refractivity (Wildman–Crippen MR) is 102 cm³/mol. The Balaban J connectivity index is 1.56. The summed E-state index contributed by atoms with van der Waals surface area (Å²) in [6.45, 7) is 0.420. The Kier molecular flexibility index (Phi) is 6.13. The molecular formula is C20H18FN3O3S. The van der Waals surface area contributed by atoms with Gasteiger partial charge in [-0.25, -0.2) is 17.5 Å². The Hall–Kier alpha value is -3.10. The summed E-state index contributed by atoms with van der Waals surface area (Å²) in [5, 5.41) is 2.80. The van der Waals surface area contributed by atoms with E-state index in [9.17, 15) is 17.6 Å². The lowest BCUT2D eigenvalue weighted by molar-refractivity contribution is 0.0951. The number of nitrogens with zero attached hydrogens (tertiary/aromatic N) is 1. The number of carbonyl (C=O) groups is 1. The average molecular weight is 399 g/mol. The molecule has 144 valence electrons. The highest BCUT2D eigenvalue weighted by atomic mass is 32.2. The number of aromatic nitrogens is 1. The van der Waals surface area contributed by atoms with E-state index < -0.39 is 15.8 Å². The molecule has 0 aliphatic carbocycles. The summed E-state index contributed by atoms with van der Waals surface area (Å²) < 4.78 is 39.8. The molecule has 2 aromatic carbocycles. The van der Waals surface area contributed by atoms with Gasteiger partial charge in [-0.15, -0.1) is 0 Å². The molecule has 0 atom stereocenters. The zero-order valence-corrected chi connectivity index (χ0v) is 15.6. The molecule has 0 radical (unpaired) electrons. The van der Waals surface area contributed by atoms with Crippen LogP contribution >= 0.6 is 0 Å². The van der Waals surface area contributed by atoms with Crippen LogP contribution in [0.4, 0.5) is 4.39 Å². The van der Waals surface area contributed by atoms with Crippen molar-refractivity contribution >= 4 is 15.9 Å². The summed E-state index contributed by atoms with van der Waals surface area (Å²) in [4.78, 5) is 16.2. The van der Waals surface area contributed by atoms with Gasteiger partial charge in [0.05, 0.1) is 4.90 Å². The van der Waals surface area contributed by atoms with Crippen molar-refractivity contribution in [2.24, 2.45) is 0 Å². The maximum atomic E-state index is 12.9.